The molecule has 0 saturated heterocycles. The third-order valence-electron chi connectivity index (χ3n) is 3.32. The van der Waals surface area contributed by atoms with Crippen molar-refractivity contribution in [3.05, 3.63) is 67.7 Å². The molecule has 0 radical (unpaired) electrons. The molecule has 6 heteroatoms. The van der Waals surface area contributed by atoms with Gasteiger partial charge in [-0.2, -0.15) is 0 Å². The first-order valence-corrected chi connectivity index (χ1v) is 7.00. The molecule has 0 aliphatic heterocycles. The molecule has 2 rings (SSSR count). The maximum absolute atomic E-state index is 12.3. The smallest absolute Gasteiger partial charge is 0.288 e. The van der Waals surface area contributed by atoms with Crippen LogP contribution in [0.4, 0.5) is 11.4 Å². The van der Waals surface area contributed by atoms with E-state index in [0.717, 1.165) is 16.7 Å². The molecule has 0 atom stereocenters. The van der Waals surface area contributed by atoms with Crippen molar-refractivity contribution >= 4 is 28.9 Å². The van der Waals surface area contributed by atoms with Gasteiger partial charge >= 0.3 is 0 Å². The van der Waals surface area contributed by atoms with Crippen LogP contribution in [0.15, 0.2) is 30.3 Å². The number of nitro groups is 1. The molecule has 0 aliphatic carbocycles. The number of halogens is 1. The molecule has 2 aromatic carbocycles. The van der Waals surface area contributed by atoms with Gasteiger partial charge in [-0.25, -0.2) is 0 Å². The van der Waals surface area contributed by atoms with Crippen LogP contribution in [-0.2, 0) is 0 Å². The molecule has 0 unspecified atom stereocenters. The van der Waals surface area contributed by atoms with E-state index >= 15 is 0 Å². The molecule has 0 saturated carbocycles. The first kappa shape index (κ1) is 16.0. The standard InChI is InChI=1S/C16H15ClN2O3/c1-9-6-10(2)15(11(3)7-9)18-16(20)12-4-5-13(17)14(8-12)19(21)22/h4-8H,1-3H3,(H,18,20). The Morgan fingerprint density at radius 2 is 1.73 bits per heavy atom. The molecule has 0 bridgehead atoms. The van der Waals surface area contributed by atoms with Gasteiger partial charge in [0.05, 0.1) is 4.92 Å². The monoisotopic (exact) mass is 318 g/mol. The second kappa shape index (κ2) is 6.15. The largest absolute Gasteiger partial charge is 0.321 e. The Balaban J connectivity index is 2.34. The van der Waals surface area contributed by atoms with Crippen LogP contribution in [-0.4, -0.2) is 10.8 Å². The van der Waals surface area contributed by atoms with E-state index < -0.39 is 10.8 Å². The molecule has 1 N–H and O–H groups in total. The van der Waals surface area contributed by atoms with Gasteiger partial charge in [0.2, 0.25) is 0 Å². The van der Waals surface area contributed by atoms with Crippen molar-refractivity contribution in [1.82, 2.24) is 0 Å². The molecule has 114 valence electrons. The molecule has 1 amide bonds. The SMILES string of the molecule is Cc1cc(C)c(NC(=O)c2ccc(Cl)c([N+](=O)[O-])c2)c(C)c1. The van der Waals surface area contributed by atoms with E-state index in [-0.39, 0.29) is 16.3 Å². The first-order chi connectivity index (χ1) is 10.3. The summed E-state index contributed by atoms with van der Waals surface area (Å²) in [6.07, 6.45) is 0. The normalized spacial score (nSPS) is 10.4. The summed E-state index contributed by atoms with van der Waals surface area (Å²) in [6.45, 7) is 5.79. The van der Waals surface area contributed by atoms with E-state index in [1.165, 1.54) is 18.2 Å². The summed E-state index contributed by atoms with van der Waals surface area (Å²) in [6, 6.07) is 7.92. The zero-order chi connectivity index (χ0) is 16.4. The van der Waals surface area contributed by atoms with E-state index in [1.807, 2.05) is 32.9 Å². The van der Waals surface area contributed by atoms with Gasteiger partial charge in [0, 0.05) is 17.3 Å². The summed E-state index contributed by atoms with van der Waals surface area (Å²) in [5.41, 5.74) is 3.61. The predicted molar refractivity (Wildman–Crippen MR) is 86.7 cm³/mol. The summed E-state index contributed by atoms with van der Waals surface area (Å²) in [4.78, 5) is 22.6. The lowest BCUT2D eigenvalue weighted by Gasteiger charge is -2.13. The first-order valence-electron chi connectivity index (χ1n) is 6.62. The van der Waals surface area contributed by atoms with Gasteiger partial charge in [0.1, 0.15) is 5.02 Å². The Kier molecular flexibility index (Phi) is 4.47. The van der Waals surface area contributed by atoms with Crippen LogP contribution in [0.3, 0.4) is 0 Å². The maximum Gasteiger partial charge on any atom is 0.288 e. The minimum atomic E-state index is -0.610. The molecule has 22 heavy (non-hydrogen) atoms. The fourth-order valence-electron chi connectivity index (χ4n) is 2.36. The Bertz CT molecular complexity index is 749. The van der Waals surface area contributed by atoms with Gasteiger partial charge in [-0.05, 0) is 44.0 Å². The van der Waals surface area contributed by atoms with Gasteiger partial charge in [-0.15, -0.1) is 0 Å². The zero-order valence-electron chi connectivity index (χ0n) is 12.4. The number of aryl methyl sites for hydroxylation is 3. The van der Waals surface area contributed by atoms with Crippen molar-refractivity contribution in [2.24, 2.45) is 0 Å². The molecule has 5 nitrogen and oxygen atoms in total. The molecule has 0 spiro atoms. The van der Waals surface area contributed by atoms with Crippen molar-refractivity contribution in [2.45, 2.75) is 20.8 Å². The van der Waals surface area contributed by atoms with Crippen LogP contribution >= 0.6 is 11.6 Å². The van der Waals surface area contributed by atoms with E-state index in [4.69, 9.17) is 11.6 Å². The average molecular weight is 319 g/mol. The van der Waals surface area contributed by atoms with Crippen LogP contribution in [0, 0.1) is 30.9 Å². The molecule has 0 fully saturated rings. The summed E-state index contributed by atoms with van der Waals surface area (Å²) in [5, 5.41) is 13.7. The van der Waals surface area contributed by atoms with Gasteiger partial charge in [-0.1, -0.05) is 29.3 Å². The van der Waals surface area contributed by atoms with Gasteiger partial charge in [0.15, 0.2) is 0 Å². The van der Waals surface area contributed by atoms with Crippen LogP contribution in [0.5, 0.6) is 0 Å². The number of nitrogens with zero attached hydrogens (tertiary/aromatic N) is 1. The van der Waals surface area contributed by atoms with Crippen LogP contribution in [0.25, 0.3) is 0 Å². The number of carbonyl (C=O) groups is 1. The predicted octanol–water partition coefficient (Wildman–Crippen LogP) is 4.43. The number of carbonyl (C=O) groups excluding carboxylic acids is 1. The summed E-state index contributed by atoms with van der Waals surface area (Å²) < 4.78 is 0. The molecular weight excluding hydrogens is 304 g/mol. The number of nitrogens with one attached hydrogen (secondary N) is 1. The number of amides is 1. The third-order valence-corrected chi connectivity index (χ3v) is 3.64. The van der Waals surface area contributed by atoms with E-state index in [0.29, 0.717) is 5.69 Å². The highest BCUT2D eigenvalue weighted by Gasteiger charge is 2.17. The fourth-order valence-corrected chi connectivity index (χ4v) is 2.54. The van der Waals surface area contributed by atoms with Crippen LogP contribution < -0.4 is 5.32 Å². The molecular formula is C16H15ClN2O3. The van der Waals surface area contributed by atoms with Gasteiger partial charge in [-0.3, -0.25) is 14.9 Å². The lowest BCUT2D eigenvalue weighted by Crippen LogP contribution is -2.14. The highest BCUT2D eigenvalue weighted by atomic mass is 35.5. The minimum Gasteiger partial charge on any atom is -0.321 e. The quantitative estimate of drug-likeness (QED) is 0.672. The molecule has 0 heterocycles. The number of rotatable bonds is 3. The number of hydrogen-bond donors (Lipinski definition) is 1. The third kappa shape index (κ3) is 3.26. The highest BCUT2D eigenvalue weighted by molar-refractivity contribution is 6.32. The molecule has 0 aromatic heterocycles. The van der Waals surface area contributed by atoms with Crippen molar-refractivity contribution in [1.29, 1.82) is 0 Å². The number of anilines is 1. The van der Waals surface area contributed by atoms with Crippen molar-refractivity contribution in [2.75, 3.05) is 5.32 Å². The Morgan fingerprint density at radius 1 is 1.14 bits per heavy atom. The second-order valence-electron chi connectivity index (χ2n) is 5.15. The number of nitro benzene ring substituents is 1. The summed E-state index contributed by atoms with van der Waals surface area (Å²) in [7, 11) is 0. The number of benzene rings is 2. The van der Waals surface area contributed by atoms with Crippen LogP contribution in [0.2, 0.25) is 5.02 Å². The Morgan fingerprint density at radius 3 is 2.27 bits per heavy atom. The van der Waals surface area contributed by atoms with Crippen molar-refractivity contribution in [3.8, 4) is 0 Å². The lowest BCUT2D eigenvalue weighted by molar-refractivity contribution is -0.384. The average Bonchev–Trinajstić information content (AvgIpc) is 2.42. The van der Waals surface area contributed by atoms with E-state index in [2.05, 4.69) is 5.32 Å². The Hall–Kier alpha value is -2.40. The van der Waals surface area contributed by atoms with Crippen LogP contribution in [0.1, 0.15) is 27.0 Å². The zero-order valence-corrected chi connectivity index (χ0v) is 13.2. The van der Waals surface area contributed by atoms with E-state index in [9.17, 15) is 14.9 Å². The molecule has 2 aromatic rings. The lowest BCUT2D eigenvalue weighted by atomic mass is 10.0. The minimum absolute atomic E-state index is 0.00393. The Labute approximate surface area is 133 Å². The van der Waals surface area contributed by atoms with Crippen molar-refractivity contribution in [3.63, 3.8) is 0 Å². The van der Waals surface area contributed by atoms with E-state index in [1.54, 1.807) is 0 Å². The summed E-state index contributed by atoms with van der Waals surface area (Å²) in [5.74, 6) is -0.408. The van der Waals surface area contributed by atoms with Gasteiger partial charge < -0.3 is 5.32 Å². The highest BCUT2D eigenvalue weighted by Crippen LogP contribution is 2.27. The second-order valence-corrected chi connectivity index (χ2v) is 5.56. The topological polar surface area (TPSA) is 72.2 Å². The van der Waals surface area contributed by atoms with Gasteiger partial charge in [0.25, 0.3) is 11.6 Å². The summed E-state index contributed by atoms with van der Waals surface area (Å²) >= 11 is 5.75. The fraction of sp³-hybridized carbons (Fsp3) is 0.188. The molecule has 0 aliphatic rings. The maximum atomic E-state index is 12.3. The number of hydrogen-bond acceptors (Lipinski definition) is 3. The van der Waals surface area contributed by atoms with Crippen molar-refractivity contribution < 1.29 is 9.72 Å².